The lowest BCUT2D eigenvalue weighted by Crippen LogP contribution is -2.43. The number of esters is 1. The number of amides is 3. The lowest BCUT2D eigenvalue weighted by molar-refractivity contribution is -0.156. The summed E-state index contributed by atoms with van der Waals surface area (Å²) < 4.78 is 5.13. The molecule has 21 heavy (non-hydrogen) atoms. The zero-order valence-electron chi connectivity index (χ0n) is 12.4. The van der Waals surface area contributed by atoms with Crippen LogP contribution in [0.4, 0.5) is 4.79 Å². The molecule has 3 amide bonds. The normalized spacial score (nSPS) is 12.9. The van der Waals surface area contributed by atoms with Crippen molar-refractivity contribution in [2.75, 3.05) is 7.05 Å². The van der Waals surface area contributed by atoms with E-state index >= 15 is 0 Å². The van der Waals surface area contributed by atoms with Gasteiger partial charge >= 0.3 is 12.0 Å². The van der Waals surface area contributed by atoms with Crippen molar-refractivity contribution in [2.24, 2.45) is 0 Å². The van der Waals surface area contributed by atoms with E-state index in [9.17, 15) is 14.4 Å². The van der Waals surface area contributed by atoms with Gasteiger partial charge in [0, 0.05) is 7.05 Å². The minimum absolute atomic E-state index is 0.429. The highest BCUT2D eigenvalue weighted by Gasteiger charge is 2.25. The third-order valence-corrected chi connectivity index (χ3v) is 3.02. The number of nitrogens with one attached hydrogen (secondary N) is 2. The minimum atomic E-state index is -1.03. The van der Waals surface area contributed by atoms with E-state index in [1.54, 1.807) is 0 Å². The summed E-state index contributed by atoms with van der Waals surface area (Å²) in [7, 11) is 1.39. The Hall–Kier alpha value is -2.37. The average molecular weight is 292 g/mol. The van der Waals surface area contributed by atoms with Gasteiger partial charge in [-0.15, -0.1) is 0 Å². The van der Waals surface area contributed by atoms with E-state index in [1.807, 2.05) is 37.3 Å². The molecular weight excluding hydrogens is 272 g/mol. The lowest BCUT2D eigenvalue weighted by Gasteiger charge is -2.18. The van der Waals surface area contributed by atoms with Crippen molar-refractivity contribution in [2.45, 2.75) is 32.3 Å². The zero-order valence-corrected chi connectivity index (χ0v) is 12.4. The van der Waals surface area contributed by atoms with Crippen LogP contribution in [0, 0.1) is 0 Å². The largest absolute Gasteiger partial charge is 0.452 e. The average Bonchev–Trinajstić information content (AvgIpc) is 2.48. The highest BCUT2D eigenvalue weighted by atomic mass is 16.5. The fourth-order valence-corrected chi connectivity index (χ4v) is 1.81. The third kappa shape index (κ3) is 4.91. The summed E-state index contributed by atoms with van der Waals surface area (Å²) in [5, 5.41) is 4.32. The number of rotatable bonds is 5. The predicted molar refractivity (Wildman–Crippen MR) is 77.6 cm³/mol. The molecule has 1 aromatic rings. The van der Waals surface area contributed by atoms with E-state index in [0.717, 1.165) is 5.56 Å². The Balaban J connectivity index is 2.66. The van der Waals surface area contributed by atoms with Crippen molar-refractivity contribution in [3.8, 4) is 0 Å². The SMILES string of the molecule is CC[C@H](C(=O)O[C@@H](C)C(=O)NC(=O)NC)c1ccccc1. The fraction of sp³-hybridized carbons (Fsp3) is 0.400. The third-order valence-electron chi connectivity index (χ3n) is 3.02. The van der Waals surface area contributed by atoms with Crippen LogP contribution in [-0.2, 0) is 14.3 Å². The van der Waals surface area contributed by atoms with Gasteiger partial charge in [0.05, 0.1) is 5.92 Å². The van der Waals surface area contributed by atoms with Crippen LogP contribution < -0.4 is 10.6 Å². The first-order valence-corrected chi connectivity index (χ1v) is 6.77. The molecule has 6 nitrogen and oxygen atoms in total. The highest BCUT2D eigenvalue weighted by molar-refractivity contribution is 5.97. The van der Waals surface area contributed by atoms with Crippen LogP contribution in [0.1, 0.15) is 31.7 Å². The van der Waals surface area contributed by atoms with Crippen LogP contribution in [0.2, 0.25) is 0 Å². The molecule has 0 unspecified atom stereocenters. The summed E-state index contributed by atoms with van der Waals surface area (Å²) in [6.45, 7) is 3.29. The molecule has 0 heterocycles. The van der Waals surface area contributed by atoms with Gasteiger partial charge in [0.1, 0.15) is 0 Å². The maximum Gasteiger partial charge on any atom is 0.321 e. The van der Waals surface area contributed by atoms with Crippen molar-refractivity contribution in [1.29, 1.82) is 0 Å². The summed E-state index contributed by atoms with van der Waals surface area (Å²) in [6.07, 6.45) is -0.473. The Kier molecular flexibility index (Phi) is 6.39. The number of carbonyl (C=O) groups excluding carboxylic acids is 3. The van der Waals surface area contributed by atoms with E-state index in [4.69, 9.17) is 4.74 Å². The molecule has 0 aliphatic rings. The number of imide groups is 1. The van der Waals surface area contributed by atoms with Crippen LogP contribution in [0.3, 0.4) is 0 Å². The molecule has 1 aromatic carbocycles. The molecule has 0 aromatic heterocycles. The van der Waals surface area contributed by atoms with Gasteiger partial charge in [-0.05, 0) is 18.9 Å². The van der Waals surface area contributed by atoms with Crippen molar-refractivity contribution in [3.05, 3.63) is 35.9 Å². The number of urea groups is 1. The van der Waals surface area contributed by atoms with Gasteiger partial charge in [0.2, 0.25) is 0 Å². The van der Waals surface area contributed by atoms with E-state index in [2.05, 4.69) is 10.6 Å². The van der Waals surface area contributed by atoms with Gasteiger partial charge < -0.3 is 10.1 Å². The highest BCUT2D eigenvalue weighted by Crippen LogP contribution is 2.21. The number of ether oxygens (including phenoxy) is 1. The van der Waals surface area contributed by atoms with Crippen molar-refractivity contribution >= 4 is 17.9 Å². The molecule has 114 valence electrons. The van der Waals surface area contributed by atoms with Crippen LogP contribution in [0.15, 0.2) is 30.3 Å². The van der Waals surface area contributed by atoms with E-state index in [-0.39, 0.29) is 0 Å². The summed E-state index contributed by atoms with van der Waals surface area (Å²) in [4.78, 5) is 34.8. The van der Waals surface area contributed by atoms with Crippen molar-refractivity contribution < 1.29 is 19.1 Å². The number of hydrogen-bond donors (Lipinski definition) is 2. The van der Waals surface area contributed by atoms with E-state index in [0.29, 0.717) is 6.42 Å². The molecule has 0 radical (unpaired) electrons. The van der Waals surface area contributed by atoms with Crippen molar-refractivity contribution in [1.82, 2.24) is 10.6 Å². The number of benzene rings is 1. The summed E-state index contributed by atoms with van der Waals surface area (Å²) >= 11 is 0. The second-order valence-electron chi connectivity index (χ2n) is 4.52. The number of carbonyl (C=O) groups is 3. The molecule has 0 spiro atoms. The smallest absolute Gasteiger partial charge is 0.321 e. The van der Waals surface area contributed by atoms with Crippen LogP contribution in [0.5, 0.6) is 0 Å². The first kappa shape index (κ1) is 16.7. The Morgan fingerprint density at radius 2 is 1.81 bits per heavy atom. The molecule has 0 fully saturated rings. The van der Waals surface area contributed by atoms with E-state index < -0.39 is 29.9 Å². The molecule has 2 N–H and O–H groups in total. The Morgan fingerprint density at radius 1 is 1.19 bits per heavy atom. The minimum Gasteiger partial charge on any atom is -0.452 e. The standard InChI is InChI=1S/C15H20N2O4/c1-4-12(11-8-6-5-7-9-11)14(19)21-10(2)13(18)17-15(20)16-3/h5-10,12H,4H2,1-3H3,(H2,16,17,18,20)/t10-,12-/m0/s1. The molecule has 0 aliphatic carbocycles. The maximum atomic E-state index is 12.1. The van der Waals surface area contributed by atoms with Crippen LogP contribution in [-0.4, -0.2) is 31.1 Å². The lowest BCUT2D eigenvalue weighted by atomic mass is 9.97. The van der Waals surface area contributed by atoms with E-state index in [1.165, 1.54) is 14.0 Å². The Labute approximate surface area is 123 Å². The second kappa shape index (κ2) is 8.04. The molecular formula is C15H20N2O4. The van der Waals surface area contributed by atoms with Gasteiger partial charge in [-0.25, -0.2) is 4.79 Å². The quantitative estimate of drug-likeness (QED) is 0.807. The maximum absolute atomic E-state index is 12.1. The molecule has 0 saturated carbocycles. The monoisotopic (exact) mass is 292 g/mol. The summed E-state index contributed by atoms with van der Waals surface area (Å²) in [5.41, 5.74) is 0.837. The van der Waals surface area contributed by atoms with Gasteiger partial charge in [-0.2, -0.15) is 0 Å². The fourth-order valence-electron chi connectivity index (χ4n) is 1.81. The Morgan fingerprint density at radius 3 is 2.33 bits per heavy atom. The zero-order chi connectivity index (χ0) is 15.8. The predicted octanol–water partition coefficient (Wildman–Crippen LogP) is 1.57. The molecule has 0 aliphatic heterocycles. The van der Waals surface area contributed by atoms with Gasteiger partial charge in [-0.1, -0.05) is 37.3 Å². The molecule has 6 heteroatoms. The first-order chi connectivity index (χ1) is 9.99. The molecule has 0 bridgehead atoms. The van der Waals surface area contributed by atoms with Gasteiger partial charge in [0.15, 0.2) is 6.10 Å². The summed E-state index contributed by atoms with van der Waals surface area (Å²) in [6, 6.07) is 8.58. The van der Waals surface area contributed by atoms with Crippen molar-refractivity contribution in [3.63, 3.8) is 0 Å². The first-order valence-electron chi connectivity index (χ1n) is 6.77. The van der Waals surface area contributed by atoms with Crippen LogP contribution in [0.25, 0.3) is 0 Å². The van der Waals surface area contributed by atoms with Crippen LogP contribution >= 0.6 is 0 Å². The Bertz CT molecular complexity index is 502. The number of hydrogen-bond acceptors (Lipinski definition) is 4. The molecule has 0 saturated heterocycles. The molecule has 2 atom stereocenters. The summed E-state index contributed by atoms with van der Waals surface area (Å²) in [5.74, 6) is -1.57. The topological polar surface area (TPSA) is 84.5 Å². The molecule has 1 rings (SSSR count). The van der Waals surface area contributed by atoms with Gasteiger partial charge in [-0.3, -0.25) is 14.9 Å². The second-order valence-corrected chi connectivity index (χ2v) is 4.52. The van der Waals surface area contributed by atoms with Gasteiger partial charge in [0.25, 0.3) is 5.91 Å².